The van der Waals surface area contributed by atoms with Gasteiger partial charge in [0.15, 0.2) is 0 Å². The van der Waals surface area contributed by atoms with Crippen LogP contribution in [0.1, 0.15) is 20.8 Å². The first-order valence-corrected chi connectivity index (χ1v) is 4.92. The summed E-state index contributed by atoms with van der Waals surface area (Å²) >= 11 is 0. The van der Waals surface area contributed by atoms with Crippen molar-refractivity contribution < 1.29 is 17.9 Å². The Morgan fingerprint density at radius 2 is 1.81 bits per heavy atom. The third kappa shape index (κ3) is 5.16. The number of allylic oxidation sites excluding steroid dienone is 3. The highest BCUT2D eigenvalue weighted by molar-refractivity contribution is 5.36. The normalized spacial score (nSPS) is 12.2. The maximum absolute atomic E-state index is 13.2. The molecule has 0 aromatic heterocycles. The average molecular weight is 236 g/mol. The van der Waals surface area contributed by atoms with E-state index in [4.69, 9.17) is 0 Å². The molecule has 0 amide bonds. The second-order valence-corrected chi connectivity index (χ2v) is 2.85. The highest BCUT2D eigenvalue weighted by Gasteiger charge is 2.35. The topological polar surface area (TPSA) is 9.23 Å². The van der Waals surface area contributed by atoms with Gasteiger partial charge in [-0.2, -0.15) is 8.78 Å². The molecule has 0 unspecified atom stereocenters. The molecule has 1 nitrogen and oxygen atoms in total. The summed E-state index contributed by atoms with van der Waals surface area (Å²) in [4.78, 5) is 0. The van der Waals surface area contributed by atoms with Crippen molar-refractivity contribution in [1.82, 2.24) is 0 Å². The molecule has 0 rings (SSSR count). The molecule has 94 valence electrons. The number of hydrogen-bond donors (Lipinski definition) is 0. The predicted molar refractivity (Wildman–Crippen MR) is 61.3 cm³/mol. The van der Waals surface area contributed by atoms with E-state index in [0.29, 0.717) is 0 Å². The lowest BCUT2D eigenvalue weighted by Gasteiger charge is -2.17. The lowest BCUT2D eigenvalue weighted by molar-refractivity contribution is -0.0316. The van der Waals surface area contributed by atoms with E-state index in [1.807, 2.05) is 13.8 Å². The Kier molecular flexibility index (Phi) is 8.86. The van der Waals surface area contributed by atoms with Crippen LogP contribution in [0.4, 0.5) is 13.2 Å². The Hall–Kier alpha value is -1.03. The standard InChI is InChI=1S/C10H13F3O.C2H6/c1-5-8(9(11)7(2)3)10(12,13)6-14-4;1-2/h5H,1-2,6H2,3-4H3;1-2H3/b9-8-;. The van der Waals surface area contributed by atoms with E-state index < -0.39 is 23.9 Å². The highest BCUT2D eigenvalue weighted by atomic mass is 19.3. The zero-order valence-electron chi connectivity index (χ0n) is 10.2. The summed E-state index contributed by atoms with van der Waals surface area (Å²) in [5.74, 6) is -4.42. The van der Waals surface area contributed by atoms with E-state index in [2.05, 4.69) is 17.9 Å². The molecule has 0 saturated heterocycles. The zero-order chi connectivity index (χ0) is 13.4. The fourth-order valence-corrected chi connectivity index (χ4v) is 0.888. The van der Waals surface area contributed by atoms with Crippen molar-refractivity contribution in [2.24, 2.45) is 0 Å². The van der Waals surface area contributed by atoms with Crippen LogP contribution in [0, 0.1) is 0 Å². The van der Waals surface area contributed by atoms with E-state index in [9.17, 15) is 13.2 Å². The van der Waals surface area contributed by atoms with Gasteiger partial charge in [-0.25, -0.2) is 4.39 Å². The third-order valence-corrected chi connectivity index (χ3v) is 1.53. The summed E-state index contributed by atoms with van der Waals surface area (Å²) < 4.78 is 43.8. The second kappa shape index (κ2) is 8.16. The fourth-order valence-electron chi connectivity index (χ4n) is 0.888. The van der Waals surface area contributed by atoms with E-state index in [1.165, 1.54) is 6.92 Å². The quantitative estimate of drug-likeness (QED) is 0.647. The smallest absolute Gasteiger partial charge is 0.298 e. The Balaban J connectivity index is 0. The van der Waals surface area contributed by atoms with Gasteiger partial charge >= 0.3 is 0 Å². The maximum Gasteiger partial charge on any atom is 0.298 e. The van der Waals surface area contributed by atoms with Gasteiger partial charge in [0.1, 0.15) is 12.4 Å². The molecular weight excluding hydrogens is 217 g/mol. The molecule has 0 saturated carbocycles. The highest BCUT2D eigenvalue weighted by Crippen LogP contribution is 2.30. The lowest BCUT2D eigenvalue weighted by atomic mass is 10.1. The van der Waals surface area contributed by atoms with Crippen LogP contribution in [0.25, 0.3) is 0 Å². The SMILES string of the molecule is C=C/C(=C(/F)C(=C)C)C(F)(F)COC.CC. The molecule has 0 aliphatic rings. The second-order valence-electron chi connectivity index (χ2n) is 2.85. The summed E-state index contributed by atoms with van der Waals surface area (Å²) in [7, 11) is 1.12. The van der Waals surface area contributed by atoms with E-state index in [1.54, 1.807) is 0 Å². The van der Waals surface area contributed by atoms with Crippen LogP contribution >= 0.6 is 0 Å². The molecular formula is C12H19F3O. The molecule has 0 fully saturated rings. The van der Waals surface area contributed by atoms with Gasteiger partial charge in [-0.05, 0) is 12.5 Å². The predicted octanol–water partition coefficient (Wildman–Crippen LogP) is 4.28. The van der Waals surface area contributed by atoms with Crippen LogP contribution < -0.4 is 0 Å². The minimum atomic E-state index is -3.38. The monoisotopic (exact) mass is 236 g/mol. The van der Waals surface area contributed by atoms with E-state index >= 15 is 0 Å². The van der Waals surface area contributed by atoms with E-state index in [0.717, 1.165) is 13.2 Å². The van der Waals surface area contributed by atoms with E-state index in [-0.39, 0.29) is 5.57 Å². The van der Waals surface area contributed by atoms with Gasteiger partial charge in [-0.1, -0.05) is 33.1 Å². The number of halogens is 3. The van der Waals surface area contributed by atoms with Gasteiger partial charge in [0, 0.05) is 7.11 Å². The van der Waals surface area contributed by atoms with Crippen molar-refractivity contribution in [2.45, 2.75) is 26.7 Å². The van der Waals surface area contributed by atoms with Gasteiger partial charge in [-0.15, -0.1) is 0 Å². The van der Waals surface area contributed by atoms with Crippen molar-refractivity contribution in [3.8, 4) is 0 Å². The molecule has 0 radical (unpaired) electrons. The number of alkyl halides is 2. The molecule has 4 heteroatoms. The van der Waals surface area contributed by atoms with Gasteiger partial charge in [0.05, 0.1) is 5.57 Å². The minimum Gasteiger partial charge on any atom is -0.378 e. The number of methoxy groups -OCH3 is 1. The Morgan fingerprint density at radius 3 is 2.06 bits per heavy atom. The fraction of sp³-hybridized carbons (Fsp3) is 0.500. The first kappa shape index (κ1) is 17.4. The summed E-state index contributed by atoms with van der Waals surface area (Å²) in [6, 6.07) is 0. The lowest BCUT2D eigenvalue weighted by Crippen LogP contribution is -2.25. The zero-order valence-corrected chi connectivity index (χ0v) is 10.2. The summed E-state index contributed by atoms with van der Waals surface area (Å²) in [6.45, 7) is 10.8. The van der Waals surface area contributed by atoms with Crippen molar-refractivity contribution in [1.29, 1.82) is 0 Å². The number of ether oxygens (including phenoxy) is 1. The van der Waals surface area contributed by atoms with Crippen molar-refractivity contribution >= 4 is 0 Å². The molecule has 0 bridgehead atoms. The Bertz CT molecular complexity index is 267. The van der Waals surface area contributed by atoms with Crippen LogP contribution in [0.2, 0.25) is 0 Å². The molecule has 0 spiro atoms. The maximum atomic E-state index is 13.2. The van der Waals surface area contributed by atoms with Crippen LogP contribution in [0.5, 0.6) is 0 Å². The van der Waals surface area contributed by atoms with Crippen LogP contribution in [-0.2, 0) is 4.74 Å². The molecule has 0 N–H and O–H groups in total. The number of hydrogen-bond acceptors (Lipinski definition) is 1. The first-order chi connectivity index (χ1) is 7.36. The molecule has 16 heavy (non-hydrogen) atoms. The van der Waals surface area contributed by atoms with Crippen LogP contribution in [0.3, 0.4) is 0 Å². The average Bonchev–Trinajstić information content (AvgIpc) is 2.20. The third-order valence-electron chi connectivity index (χ3n) is 1.53. The van der Waals surface area contributed by atoms with Gasteiger partial charge in [0.2, 0.25) is 0 Å². The summed E-state index contributed by atoms with van der Waals surface area (Å²) in [5.41, 5.74) is -0.845. The molecule has 0 aliphatic carbocycles. The van der Waals surface area contributed by atoms with Crippen molar-refractivity contribution in [3.05, 3.63) is 36.2 Å². The molecule has 0 aromatic rings. The van der Waals surface area contributed by atoms with Crippen molar-refractivity contribution in [3.63, 3.8) is 0 Å². The van der Waals surface area contributed by atoms with Gasteiger partial charge in [0.25, 0.3) is 5.92 Å². The number of rotatable bonds is 5. The first-order valence-electron chi connectivity index (χ1n) is 4.92. The minimum absolute atomic E-state index is 0.0596. The summed E-state index contributed by atoms with van der Waals surface area (Å²) in [6.07, 6.45) is 0.781. The van der Waals surface area contributed by atoms with Gasteiger partial charge in [-0.3, -0.25) is 0 Å². The summed E-state index contributed by atoms with van der Waals surface area (Å²) in [5, 5.41) is 0. The van der Waals surface area contributed by atoms with Gasteiger partial charge < -0.3 is 4.74 Å². The largest absolute Gasteiger partial charge is 0.378 e. The Morgan fingerprint density at radius 1 is 1.38 bits per heavy atom. The molecule has 0 atom stereocenters. The van der Waals surface area contributed by atoms with Crippen LogP contribution in [-0.4, -0.2) is 19.6 Å². The Labute approximate surface area is 95.3 Å². The molecule has 0 aromatic carbocycles. The molecule has 0 heterocycles. The molecule has 0 aliphatic heterocycles. The van der Waals surface area contributed by atoms with Crippen LogP contribution in [0.15, 0.2) is 36.2 Å². The van der Waals surface area contributed by atoms with Crippen molar-refractivity contribution in [2.75, 3.05) is 13.7 Å².